The van der Waals surface area contributed by atoms with Crippen molar-refractivity contribution < 1.29 is 9.59 Å². The zero-order chi connectivity index (χ0) is 9.00. The van der Waals surface area contributed by atoms with E-state index in [-0.39, 0.29) is 11.8 Å². The second-order valence-corrected chi connectivity index (χ2v) is 4.82. The van der Waals surface area contributed by atoms with Crippen LogP contribution in [0.25, 0.3) is 0 Å². The monoisotopic (exact) mass is 178 g/mol. The summed E-state index contributed by atoms with van der Waals surface area (Å²) in [4.78, 5) is 23.1. The van der Waals surface area contributed by atoms with Crippen LogP contribution in [0.5, 0.6) is 0 Å². The zero-order valence-corrected chi connectivity index (χ0v) is 7.66. The number of hydrogen-bond donors (Lipinski definition) is 0. The maximum absolute atomic E-state index is 11.8. The zero-order valence-electron chi connectivity index (χ0n) is 7.66. The van der Waals surface area contributed by atoms with E-state index in [1.54, 1.807) is 0 Å². The van der Waals surface area contributed by atoms with Crippen LogP contribution >= 0.6 is 0 Å². The number of carbonyl (C=O) groups is 2. The van der Waals surface area contributed by atoms with Crippen molar-refractivity contribution in [3.05, 3.63) is 0 Å². The molecule has 0 aromatic carbocycles. The number of hydrogen-bond acceptors (Lipinski definition) is 2. The van der Waals surface area contributed by atoms with Crippen LogP contribution in [0, 0.1) is 23.7 Å². The van der Waals surface area contributed by atoms with Gasteiger partial charge in [0.05, 0.1) is 0 Å². The average molecular weight is 178 g/mol. The maximum Gasteiger partial charge on any atom is 0.139 e. The van der Waals surface area contributed by atoms with E-state index < -0.39 is 0 Å². The van der Waals surface area contributed by atoms with Crippen LogP contribution in [-0.2, 0) is 9.59 Å². The second-order valence-electron chi connectivity index (χ2n) is 4.82. The standard InChI is InChI=1S/C11H14O2/c12-6-4-9-7-2-1-3-8(11(7)13)10(9)5-6/h7-10H,1-5H2/t7-,8+,9-,10-/m1/s1. The molecule has 0 radical (unpaired) electrons. The van der Waals surface area contributed by atoms with Gasteiger partial charge in [-0.05, 0) is 24.7 Å². The molecule has 0 unspecified atom stereocenters. The third kappa shape index (κ3) is 0.890. The van der Waals surface area contributed by atoms with Crippen molar-refractivity contribution in [2.24, 2.45) is 23.7 Å². The SMILES string of the molecule is O=C1C[C@H]2[C@H](C1)[C@H]1CCC[C@@H]2C1=O. The lowest BCUT2D eigenvalue weighted by Crippen LogP contribution is -2.23. The van der Waals surface area contributed by atoms with Crippen molar-refractivity contribution in [2.75, 3.05) is 0 Å². The van der Waals surface area contributed by atoms with Gasteiger partial charge in [-0.2, -0.15) is 0 Å². The van der Waals surface area contributed by atoms with Crippen LogP contribution in [0.4, 0.5) is 0 Å². The van der Waals surface area contributed by atoms with E-state index in [2.05, 4.69) is 0 Å². The molecule has 13 heavy (non-hydrogen) atoms. The average Bonchev–Trinajstić information content (AvgIpc) is 2.50. The molecule has 3 aliphatic rings. The van der Waals surface area contributed by atoms with Gasteiger partial charge < -0.3 is 0 Å². The van der Waals surface area contributed by atoms with Crippen molar-refractivity contribution in [3.63, 3.8) is 0 Å². The van der Waals surface area contributed by atoms with Gasteiger partial charge in [0.25, 0.3) is 0 Å². The highest BCUT2D eigenvalue weighted by Crippen LogP contribution is 2.53. The molecule has 70 valence electrons. The molecule has 0 N–H and O–H groups in total. The minimum Gasteiger partial charge on any atom is -0.300 e. The van der Waals surface area contributed by atoms with E-state index in [0.717, 1.165) is 12.8 Å². The Morgan fingerprint density at radius 2 is 1.46 bits per heavy atom. The molecule has 0 amide bonds. The summed E-state index contributed by atoms with van der Waals surface area (Å²) >= 11 is 0. The lowest BCUT2D eigenvalue weighted by Gasteiger charge is -2.19. The maximum atomic E-state index is 11.8. The molecule has 2 bridgehead atoms. The number of carbonyl (C=O) groups excluding carboxylic acids is 2. The third-order valence-electron chi connectivity index (χ3n) is 4.27. The van der Waals surface area contributed by atoms with E-state index >= 15 is 0 Å². The van der Waals surface area contributed by atoms with Gasteiger partial charge >= 0.3 is 0 Å². The summed E-state index contributed by atoms with van der Waals surface area (Å²) in [7, 11) is 0. The van der Waals surface area contributed by atoms with Gasteiger partial charge in [0.1, 0.15) is 11.6 Å². The van der Waals surface area contributed by atoms with Gasteiger partial charge in [-0.3, -0.25) is 9.59 Å². The lowest BCUT2D eigenvalue weighted by atomic mass is 9.84. The highest BCUT2D eigenvalue weighted by molar-refractivity contribution is 5.92. The van der Waals surface area contributed by atoms with Crippen molar-refractivity contribution in [1.82, 2.24) is 0 Å². The first-order valence-corrected chi connectivity index (χ1v) is 5.33. The summed E-state index contributed by atoms with van der Waals surface area (Å²) in [6, 6.07) is 0. The Balaban J connectivity index is 1.97. The minimum absolute atomic E-state index is 0.273. The molecule has 4 atom stereocenters. The van der Waals surface area contributed by atoms with Gasteiger partial charge in [-0.25, -0.2) is 0 Å². The number of fused-ring (bicyclic) bond motifs is 5. The summed E-state index contributed by atoms with van der Waals surface area (Å²) in [6.45, 7) is 0. The molecule has 2 nitrogen and oxygen atoms in total. The van der Waals surface area contributed by atoms with Crippen LogP contribution in [0.1, 0.15) is 32.1 Å². The fraction of sp³-hybridized carbons (Fsp3) is 0.818. The van der Waals surface area contributed by atoms with E-state index in [0.29, 0.717) is 36.2 Å². The van der Waals surface area contributed by atoms with Crippen molar-refractivity contribution >= 4 is 11.6 Å². The number of ketones is 2. The summed E-state index contributed by atoms with van der Waals surface area (Å²) < 4.78 is 0. The van der Waals surface area contributed by atoms with Gasteiger partial charge in [-0.1, -0.05) is 6.42 Å². The van der Waals surface area contributed by atoms with Crippen LogP contribution in [0.15, 0.2) is 0 Å². The normalized spacial score (nSPS) is 48.3. The minimum atomic E-state index is 0.273. The van der Waals surface area contributed by atoms with E-state index in [4.69, 9.17) is 0 Å². The Morgan fingerprint density at radius 3 is 2.00 bits per heavy atom. The predicted molar refractivity (Wildman–Crippen MR) is 47.1 cm³/mol. The first-order valence-electron chi connectivity index (χ1n) is 5.33. The second kappa shape index (κ2) is 2.43. The van der Waals surface area contributed by atoms with E-state index in [1.165, 1.54) is 6.42 Å². The molecule has 3 rings (SSSR count). The Kier molecular flexibility index (Phi) is 1.44. The fourth-order valence-corrected chi connectivity index (χ4v) is 3.76. The summed E-state index contributed by atoms with van der Waals surface area (Å²) in [5.41, 5.74) is 0. The third-order valence-corrected chi connectivity index (χ3v) is 4.27. The smallest absolute Gasteiger partial charge is 0.139 e. The predicted octanol–water partition coefficient (Wildman–Crippen LogP) is 1.58. The number of rotatable bonds is 0. The Bertz CT molecular complexity index is 258. The highest BCUT2D eigenvalue weighted by atomic mass is 16.1. The van der Waals surface area contributed by atoms with Crippen molar-refractivity contribution in [3.8, 4) is 0 Å². The molecule has 0 heterocycles. The molecule has 0 saturated heterocycles. The summed E-state index contributed by atoms with van der Waals surface area (Å²) in [5.74, 6) is 2.35. The molecular formula is C11H14O2. The molecule has 3 fully saturated rings. The van der Waals surface area contributed by atoms with E-state index in [1.807, 2.05) is 0 Å². The quantitative estimate of drug-likeness (QED) is 0.564. The lowest BCUT2D eigenvalue weighted by molar-refractivity contribution is -0.127. The van der Waals surface area contributed by atoms with Crippen LogP contribution in [0.3, 0.4) is 0 Å². The van der Waals surface area contributed by atoms with Gasteiger partial charge in [0.2, 0.25) is 0 Å². The molecule has 0 aromatic heterocycles. The molecule has 0 aromatic rings. The molecule has 0 spiro atoms. The molecular weight excluding hydrogens is 164 g/mol. The number of Topliss-reactive ketones (excluding diaryl/α,β-unsaturated/α-hetero) is 2. The van der Waals surface area contributed by atoms with Gasteiger partial charge in [-0.15, -0.1) is 0 Å². The summed E-state index contributed by atoms with van der Waals surface area (Å²) in [6.07, 6.45) is 4.74. The largest absolute Gasteiger partial charge is 0.300 e. The van der Waals surface area contributed by atoms with E-state index in [9.17, 15) is 9.59 Å². The Labute approximate surface area is 77.7 Å². The Morgan fingerprint density at radius 1 is 0.923 bits per heavy atom. The van der Waals surface area contributed by atoms with Crippen LogP contribution < -0.4 is 0 Å². The first-order chi connectivity index (χ1) is 6.27. The highest BCUT2D eigenvalue weighted by Gasteiger charge is 2.54. The summed E-state index contributed by atoms with van der Waals surface area (Å²) in [5, 5.41) is 0. The first kappa shape index (κ1) is 7.72. The molecule has 3 saturated carbocycles. The Hall–Kier alpha value is -0.660. The molecule has 2 heteroatoms. The molecule has 3 aliphatic carbocycles. The van der Waals surface area contributed by atoms with Gasteiger partial charge in [0.15, 0.2) is 0 Å². The van der Waals surface area contributed by atoms with Crippen molar-refractivity contribution in [2.45, 2.75) is 32.1 Å². The van der Waals surface area contributed by atoms with Gasteiger partial charge in [0, 0.05) is 24.7 Å². The van der Waals surface area contributed by atoms with Crippen molar-refractivity contribution in [1.29, 1.82) is 0 Å². The molecule has 0 aliphatic heterocycles. The van der Waals surface area contributed by atoms with Crippen LogP contribution in [-0.4, -0.2) is 11.6 Å². The van der Waals surface area contributed by atoms with Crippen LogP contribution in [0.2, 0.25) is 0 Å². The topological polar surface area (TPSA) is 34.1 Å². The fourth-order valence-electron chi connectivity index (χ4n) is 3.76.